The molecule has 0 amide bonds. The van der Waals surface area contributed by atoms with Crippen molar-refractivity contribution in [1.82, 2.24) is 9.78 Å². The van der Waals surface area contributed by atoms with Gasteiger partial charge in [0.15, 0.2) is 16.6 Å². The third kappa shape index (κ3) is 3.00. The molecule has 5 rings (SSSR count). The number of aryl methyl sites for hydroxylation is 2. The van der Waals surface area contributed by atoms with Gasteiger partial charge in [0, 0.05) is 19.2 Å². The van der Waals surface area contributed by atoms with Gasteiger partial charge in [-0.15, -0.1) is 0 Å². The number of carbonyl (C=O) groups is 1. The van der Waals surface area contributed by atoms with E-state index in [9.17, 15) is 4.79 Å². The highest BCUT2D eigenvalue weighted by Gasteiger charge is 2.32. The van der Waals surface area contributed by atoms with Crippen molar-refractivity contribution in [3.63, 3.8) is 0 Å². The van der Waals surface area contributed by atoms with E-state index < -0.39 is 0 Å². The first-order chi connectivity index (χ1) is 14.1. The van der Waals surface area contributed by atoms with E-state index in [-0.39, 0.29) is 12.8 Å². The van der Waals surface area contributed by atoms with Crippen molar-refractivity contribution in [3.05, 3.63) is 38.8 Å². The zero-order valence-corrected chi connectivity index (χ0v) is 18.2. The first-order valence-corrected chi connectivity index (χ1v) is 10.8. The van der Waals surface area contributed by atoms with Crippen LogP contribution in [0.25, 0.3) is 11.3 Å². The van der Waals surface area contributed by atoms with Gasteiger partial charge in [0.05, 0.1) is 28.5 Å². The van der Waals surface area contributed by atoms with Gasteiger partial charge in [-0.25, -0.2) is 4.79 Å². The largest absolute Gasteiger partial charge is 0.462 e. The molecule has 0 fully saturated rings. The van der Waals surface area contributed by atoms with Crippen molar-refractivity contribution in [2.24, 2.45) is 7.05 Å². The van der Waals surface area contributed by atoms with Gasteiger partial charge < -0.3 is 18.9 Å². The summed E-state index contributed by atoms with van der Waals surface area (Å²) in [5, 5.41) is 5.04. The van der Waals surface area contributed by atoms with E-state index in [2.05, 4.69) is 21.0 Å². The summed E-state index contributed by atoms with van der Waals surface area (Å²) in [4.78, 5) is 13.2. The lowest BCUT2D eigenvalue weighted by Gasteiger charge is -2.16. The molecule has 9 heteroatoms. The van der Waals surface area contributed by atoms with Crippen molar-refractivity contribution in [2.45, 2.75) is 19.8 Å². The molecule has 0 atom stereocenters. The van der Waals surface area contributed by atoms with Crippen molar-refractivity contribution in [2.75, 3.05) is 13.4 Å². The van der Waals surface area contributed by atoms with Gasteiger partial charge in [-0.2, -0.15) is 5.10 Å². The Morgan fingerprint density at radius 2 is 2.10 bits per heavy atom. The Hall–Kier alpha value is -2.52. The van der Waals surface area contributed by atoms with Crippen molar-refractivity contribution < 1.29 is 23.7 Å². The predicted octanol–water partition coefficient (Wildman–Crippen LogP) is 4.71. The molecule has 3 aromatic rings. The molecular weight excluding hydrogens is 460 g/mol. The van der Waals surface area contributed by atoms with Gasteiger partial charge in [-0.05, 0) is 46.8 Å². The quantitative estimate of drug-likeness (QED) is 0.507. The van der Waals surface area contributed by atoms with Gasteiger partial charge >= 0.3 is 5.97 Å². The van der Waals surface area contributed by atoms with E-state index in [0.29, 0.717) is 33.8 Å². The van der Waals surface area contributed by atoms with Gasteiger partial charge in [0.1, 0.15) is 10.6 Å². The number of halogens is 1. The van der Waals surface area contributed by atoms with Crippen LogP contribution in [0, 0.1) is 0 Å². The minimum Gasteiger partial charge on any atom is -0.462 e. The number of hydrogen-bond acceptors (Lipinski definition) is 7. The summed E-state index contributed by atoms with van der Waals surface area (Å²) in [7, 11) is 1.90. The monoisotopic (exact) mass is 476 g/mol. The third-order valence-corrected chi connectivity index (χ3v) is 6.67. The van der Waals surface area contributed by atoms with E-state index >= 15 is 0 Å². The molecule has 0 saturated carbocycles. The number of aromatic nitrogens is 2. The Bertz CT molecular complexity index is 1140. The molecular formula is C20H17BrN2O5S. The second kappa shape index (κ2) is 7.07. The number of rotatable bonds is 4. The molecule has 0 bridgehead atoms. The number of benzene rings is 1. The molecule has 0 radical (unpaired) electrons. The number of carbonyl (C=O) groups excluding carboxylic acids is 1. The summed E-state index contributed by atoms with van der Waals surface area (Å²) in [5.41, 5.74) is 3.98. The highest BCUT2D eigenvalue weighted by Crippen LogP contribution is 2.50. The van der Waals surface area contributed by atoms with Crippen molar-refractivity contribution >= 4 is 33.2 Å². The van der Waals surface area contributed by atoms with Crippen LogP contribution in [0.5, 0.6) is 22.3 Å². The summed E-state index contributed by atoms with van der Waals surface area (Å²) >= 11 is 4.84. The Morgan fingerprint density at radius 1 is 1.31 bits per heavy atom. The van der Waals surface area contributed by atoms with Gasteiger partial charge in [-0.3, -0.25) is 4.68 Å². The van der Waals surface area contributed by atoms with Crippen LogP contribution in [0.15, 0.2) is 22.8 Å². The van der Waals surface area contributed by atoms with Crippen molar-refractivity contribution in [3.8, 4) is 33.6 Å². The van der Waals surface area contributed by atoms with Crippen LogP contribution >= 0.6 is 27.3 Å². The fourth-order valence-corrected chi connectivity index (χ4v) is 5.19. The molecule has 0 saturated heterocycles. The fraction of sp³-hybridized carbons (Fsp3) is 0.300. The van der Waals surface area contributed by atoms with Crippen LogP contribution in [-0.4, -0.2) is 29.1 Å². The Kier molecular flexibility index (Phi) is 4.51. The first-order valence-electron chi connectivity index (χ1n) is 9.17. The number of ether oxygens (including phenoxy) is 4. The van der Waals surface area contributed by atoms with E-state index in [1.807, 2.05) is 24.0 Å². The number of fused-ring (bicyclic) bond motifs is 4. The topological polar surface area (TPSA) is 71.8 Å². The van der Waals surface area contributed by atoms with E-state index in [4.69, 9.17) is 18.9 Å². The number of esters is 1. The maximum absolute atomic E-state index is 12.6. The normalized spacial score (nSPS) is 13.8. The minimum absolute atomic E-state index is 0.186. The third-order valence-electron chi connectivity index (χ3n) is 4.96. The summed E-state index contributed by atoms with van der Waals surface area (Å²) in [6, 6.07) is 3.61. The van der Waals surface area contributed by atoms with Crippen LogP contribution in [0.4, 0.5) is 0 Å². The molecule has 1 aliphatic heterocycles. The molecule has 0 N–H and O–H groups in total. The minimum atomic E-state index is -0.320. The van der Waals surface area contributed by atoms with Crippen LogP contribution in [0.2, 0.25) is 0 Å². The number of hydrogen-bond donors (Lipinski definition) is 0. The highest BCUT2D eigenvalue weighted by atomic mass is 79.9. The van der Waals surface area contributed by atoms with E-state index in [1.54, 1.807) is 13.0 Å². The van der Waals surface area contributed by atoms with Crippen LogP contribution in [0.3, 0.4) is 0 Å². The molecule has 7 nitrogen and oxygen atoms in total. The Morgan fingerprint density at radius 3 is 2.90 bits per heavy atom. The summed E-state index contributed by atoms with van der Waals surface area (Å²) in [5.74, 6) is 1.56. The number of nitrogens with zero attached hydrogens (tertiary/aromatic N) is 2. The lowest BCUT2D eigenvalue weighted by molar-refractivity contribution is 0.0531. The lowest BCUT2D eigenvalue weighted by atomic mass is 9.91. The molecule has 2 aliphatic rings. The van der Waals surface area contributed by atoms with Gasteiger partial charge in [0.25, 0.3) is 0 Å². The standard InChI is InChI=1S/C20H17BrN2O5S/c1-3-25-19(24)18-11-5-4-10-8-22-23(2)17(10)16(11)20(29-18)28-13-7-15-14(6-12(13)21)26-9-27-15/h6-8H,3-5,9H2,1-2H3. The highest BCUT2D eigenvalue weighted by molar-refractivity contribution is 9.10. The van der Waals surface area contributed by atoms with Crippen LogP contribution in [-0.2, 0) is 24.6 Å². The van der Waals surface area contributed by atoms with E-state index in [0.717, 1.165) is 39.7 Å². The summed E-state index contributed by atoms with van der Waals surface area (Å²) in [6.07, 6.45) is 3.44. The molecule has 1 aromatic carbocycles. The zero-order valence-electron chi connectivity index (χ0n) is 15.8. The Balaban J connectivity index is 1.64. The maximum Gasteiger partial charge on any atom is 0.348 e. The van der Waals surface area contributed by atoms with Crippen LogP contribution < -0.4 is 14.2 Å². The molecule has 1 aliphatic carbocycles. The van der Waals surface area contributed by atoms with Gasteiger partial charge in [-0.1, -0.05) is 11.3 Å². The molecule has 2 aromatic heterocycles. The predicted molar refractivity (Wildman–Crippen MR) is 110 cm³/mol. The maximum atomic E-state index is 12.6. The fourth-order valence-electron chi connectivity index (χ4n) is 3.68. The zero-order chi connectivity index (χ0) is 20.1. The van der Waals surface area contributed by atoms with Gasteiger partial charge in [0.2, 0.25) is 6.79 Å². The Labute approximate surface area is 179 Å². The molecule has 29 heavy (non-hydrogen) atoms. The molecule has 0 unspecified atom stereocenters. The summed E-state index contributed by atoms with van der Waals surface area (Å²) < 4.78 is 25.1. The molecule has 150 valence electrons. The SMILES string of the molecule is CCOC(=O)c1sc(Oc2cc3c(cc2Br)OCO3)c2c1CCc1cnn(C)c1-2. The number of thiophene rings is 1. The second-order valence-corrected chi connectivity index (χ2v) is 8.51. The smallest absolute Gasteiger partial charge is 0.348 e. The molecule has 3 heterocycles. The summed E-state index contributed by atoms with van der Waals surface area (Å²) in [6.45, 7) is 2.32. The average Bonchev–Trinajstić information content (AvgIpc) is 3.40. The van der Waals surface area contributed by atoms with Crippen molar-refractivity contribution in [1.29, 1.82) is 0 Å². The lowest BCUT2D eigenvalue weighted by Crippen LogP contribution is -2.10. The first kappa shape index (κ1) is 18.5. The van der Waals surface area contributed by atoms with E-state index in [1.165, 1.54) is 11.3 Å². The second-order valence-electron chi connectivity index (χ2n) is 6.67. The van der Waals surface area contributed by atoms with Crippen LogP contribution in [0.1, 0.15) is 27.7 Å². The average molecular weight is 477 g/mol. The molecule has 0 spiro atoms.